The van der Waals surface area contributed by atoms with Gasteiger partial charge in [0.05, 0.1) is 0 Å². The molecule has 196 valence electrons. The Hall–Kier alpha value is -3.87. The number of terminal acetylenes is 1. The maximum absolute atomic E-state index is 13.1. The smallest absolute Gasteiger partial charge is 0.448 e. The zero-order valence-corrected chi connectivity index (χ0v) is 21.7. The molecule has 0 radical (unpaired) electrons. The van der Waals surface area contributed by atoms with E-state index in [2.05, 4.69) is 39.3 Å². The standard InChI is InChI=1S/C29H27FN2O5S/c1-3-22-16-21(17-28(20(22)2)37-38(30,34)35)18-31-12-14-32(15-13-31)29(33)36-19-27-25-10-6-4-8-23(25)24-9-5-7-11-26(24)27/h1,4-11,16-17,27H,12-15,18-19H2,2H3. The number of carbonyl (C=O) groups excluding carboxylic acids is 1. The minimum atomic E-state index is -5.18. The van der Waals surface area contributed by atoms with Gasteiger partial charge in [0.15, 0.2) is 0 Å². The summed E-state index contributed by atoms with van der Waals surface area (Å²) in [6.07, 6.45) is 5.20. The molecule has 1 amide bonds. The fraction of sp³-hybridized carbons (Fsp3) is 0.276. The number of ether oxygens (including phenoxy) is 1. The highest BCUT2D eigenvalue weighted by atomic mass is 32.3. The summed E-state index contributed by atoms with van der Waals surface area (Å²) in [5.41, 5.74) is 6.19. The van der Waals surface area contributed by atoms with Crippen LogP contribution in [0.3, 0.4) is 0 Å². The first-order chi connectivity index (χ1) is 18.2. The lowest BCUT2D eigenvalue weighted by atomic mass is 9.98. The molecule has 0 N–H and O–H groups in total. The van der Waals surface area contributed by atoms with Crippen LogP contribution >= 0.6 is 0 Å². The number of carbonyl (C=O) groups is 1. The van der Waals surface area contributed by atoms with E-state index in [1.165, 1.54) is 28.3 Å². The van der Waals surface area contributed by atoms with Gasteiger partial charge in [-0.15, -0.1) is 6.42 Å². The largest absolute Gasteiger partial charge is 0.488 e. The van der Waals surface area contributed by atoms with E-state index >= 15 is 0 Å². The minimum absolute atomic E-state index is 0.00377. The number of halogens is 1. The molecule has 2 aliphatic rings. The molecule has 3 aromatic rings. The van der Waals surface area contributed by atoms with Crippen LogP contribution in [0, 0.1) is 19.3 Å². The molecule has 7 nitrogen and oxygen atoms in total. The lowest BCUT2D eigenvalue weighted by Gasteiger charge is -2.34. The van der Waals surface area contributed by atoms with Gasteiger partial charge in [0.2, 0.25) is 0 Å². The number of benzene rings is 3. The normalized spacial score (nSPS) is 15.4. The van der Waals surface area contributed by atoms with Gasteiger partial charge in [-0.3, -0.25) is 4.90 Å². The molecule has 1 aliphatic heterocycles. The van der Waals surface area contributed by atoms with Crippen molar-refractivity contribution in [3.05, 3.63) is 88.5 Å². The first-order valence-corrected chi connectivity index (χ1v) is 13.6. The number of piperazine rings is 1. The van der Waals surface area contributed by atoms with Crippen molar-refractivity contribution in [2.75, 3.05) is 32.8 Å². The third-order valence-electron chi connectivity index (χ3n) is 7.14. The Bertz CT molecular complexity index is 1480. The van der Waals surface area contributed by atoms with Crippen molar-refractivity contribution in [2.24, 2.45) is 0 Å². The fourth-order valence-corrected chi connectivity index (χ4v) is 5.60. The summed E-state index contributed by atoms with van der Waals surface area (Å²) in [6, 6.07) is 19.6. The van der Waals surface area contributed by atoms with Gasteiger partial charge in [0.25, 0.3) is 0 Å². The van der Waals surface area contributed by atoms with Crippen LogP contribution in [0.4, 0.5) is 8.68 Å². The van der Waals surface area contributed by atoms with E-state index in [-0.39, 0.29) is 24.4 Å². The van der Waals surface area contributed by atoms with Gasteiger partial charge in [0, 0.05) is 49.8 Å². The van der Waals surface area contributed by atoms with Crippen LogP contribution in [-0.4, -0.2) is 57.1 Å². The summed E-state index contributed by atoms with van der Waals surface area (Å²) in [6.45, 7) is 4.41. The molecule has 0 unspecified atom stereocenters. The Morgan fingerprint density at radius 1 is 1.03 bits per heavy atom. The molecule has 38 heavy (non-hydrogen) atoms. The SMILES string of the molecule is C#Cc1cc(CN2CCN(C(=O)OCC3c4ccccc4-c4ccccc43)CC2)cc(OS(=O)(=O)F)c1C. The topological polar surface area (TPSA) is 76.2 Å². The molecule has 1 fully saturated rings. The first-order valence-electron chi connectivity index (χ1n) is 12.3. The van der Waals surface area contributed by atoms with Gasteiger partial charge >= 0.3 is 16.6 Å². The Balaban J connectivity index is 1.19. The summed E-state index contributed by atoms with van der Waals surface area (Å²) in [5, 5.41) is 0. The molecule has 0 atom stereocenters. The summed E-state index contributed by atoms with van der Waals surface area (Å²) in [5.74, 6) is 2.36. The van der Waals surface area contributed by atoms with Gasteiger partial charge < -0.3 is 13.8 Å². The summed E-state index contributed by atoms with van der Waals surface area (Å²) < 4.78 is 45.4. The van der Waals surface area contributed by atoms with Crippen molar-refractivity contribution in [2.45, 2.75) is 19.4 Å². The second kappa shape index (κ2) is 10.5. The third-order valence-corrected chi connectivity index (χ3v) is 7.52. The van der Waals surface area contributed by atoms with E-state index in [0.29, 0.717) is 49.4 Å². The van der Waals surface area contributed by atoms with Gasteiger partial charge in [-0.1, -0.05) is 58.3 Å². The van der Waals surface area contributed by atoms with Crippen LogP contribution in [0.1, 0.15) is 33.7 Å². The first kappa shape index (κ1) is 25.8. The molecule has 1 heterocycles. The van der Waals surface area contributed by atoms with Crippen molar-refractivity contribution in [3.63, 3.8) is 0 Å². The van der Waals surface area contributed by atoms with Crippen molar-refractivity contribution < 1.29 is 26.0 Å². The van der Waals surface area contributed by atoms with Gasteiger partial charge in [-0.2, -0.15) is 8.42 Å². The highest BCUT2D eigenvalue weighted by molar-refractivity contribution is 7.81. The maximum Gasteiger partial charge on any atom is 0.488 e. The van der Waals surface area contributed by atoms with Gasteiger partial charge in [-0.25, -0.2) is 4.79 Å². The number of amides is 1. The molecule has 1 aliphatic carbocycles. The van der Waals surface area contributed by atoms with Crippen LogP contribution in [-0.2, 0) is 21.8 Å². The fourth-order valence-electron chi connectivity index (χ4n) is 5.21. The second-order valence-electron chi connectivity index (χ2n) is 9.45. The van der Waals surface area contributed by atoms with E-state index in [1.807, 2.05) is 24.3 Å². The van der Waals surface area contributed by atoms with Crippen LogP contribution in [0.2, 0.25) is 0 Å². The molecule has 9 heteroatoms. The van der Waals surface area contributed by atoms with Crippen molar-refractivity contribution >= 4 is 16.6 Å². The Kier molecular flexibility index (Phi) is 7.11. The van der Waals surface area contributed by atoms with Gasteiger partial charge in [-0.05, 0) is 46.9 Å². The summed E-state index contributed by atoms with van der Waals surface area (Å²) in [7, 11) is -5.18. The molecular weight excluding hydrogens is 507 g/mol. The van der Waals surface area contributed by atoms with Gasteiger partial charge in [0.1, 0.15) is 12.4 Å². The van der Waals surface area contributed by atoms with E-state index in [4.69, 9.17) is 11.2 Å². The predicted molar refractivity (Wildman–Crippen MR) is 142 cm³/mol. The summed E-state index contributed by atoms with van der Waals surface area (Å²) >= 11 is 0. The number of nitrogens with zero attached hydrogens (tertiary/aromatic N) is 2. The molecule has 5 rings (SSSR count). The predicted octanol–water partition coefficient (Wildman–Crippen LogP) is 4.64. The Labute approximate surface area is 222 Å². The number of hydrogen-bond donors (Lipinski definition) is 0. The molecule has 1 saturated heterocycles. The Morgan fingerprint density at radius 2 is 1.63 bits per heavy atom. The highest BCUT2D eigenvalue weighted by Crippen LogP contribution is 2.44. The molecule has 0 bridgehead atoms. The minimum Gasteiger partial charge on any atom is -0.448 e. The average molecular weight is 535 g/mol. The van der Waals surface area contributed by atoms with Crippen LogP contribution in [0.25, 0.3) is 11.1 Å². The van der Waals surface area contributed by atoms with E-state index in [9.17, 15) is 17.1 Å². The van der Waals surface area contributed by atoms with E-state index in [1.54, 1.807) is 17.9 Å². The molecule has 0 aromatic heterocycles. The van der Waals surface area contributed by atoms with Crippen LogP contribution in [0.15, 0.2) is 60.7 Å². The van der Waals surface area contributed by atoms with Crippen LogP contribution in [0.5, 0.6) is 5.75 Å². The number of rotatable bonds is 6. The zero-order chi connectivity index (χ0) is 26.9. The van der Waals surface area contributed by atoms with E-state index in [0.717, 1.165) is 0 Å². The monoisotopic (exact) mass is 534 g/mol. The van der Waals surface area contributed by atoms with Crippen LogP contribution < -0.4 is 4.18 Å². The third kappa shape index (κ3) is 5.37. The van der Waals surface area contributed by atoms with Crippen molar-refractivity contribution in [1.29, 1.82) is 0 Å². The average Bonchev–Trinajstić information content (AvgIpc) is 3.22. The lowest BCUT2D eigenvalue weighted by molar-refractivity contribution is 0.0728. The molecule has 0 saturated carbocycles. The Morgan fingerprint density at radius 3 is 2.21 bits per heavy atom. The highest BCUT2D eigenvalue weighted by Gasteiger charge is 2.30. The second-order valence-corrected chi connectivity index (χ2v) is 10.4. The number of fused-ring (bicyclic) bond motifs is 3. The molecule has 3 aromatic carbocycles. The quantitative estimate of drug-likeness (QED) is 0.339. The zero-order valence-electron chi connectivity index (χ0n) is 20.9. The number of hydrogen-bond acceptors (Lipinski definition) is 6. The lowest BCUT2D eigenvalue weighted by Crippen LogP contribution is -2.48. The van der Waals surface area contributed by atoms with E-state index < -0.39 is 10.5 Å². The van der Waals surface area contributed by atoms with Crippen molar-refractivity contribution in [1.82, 2.24) is 9.80 Å². The van der Waals surface area contributed by atoms with Crippen molar-refractivity contribution in [3.8, 4) is 29.2 Å². The molecule has 0 spiro atoms. The molecular formula is C29H27FN2O5S. The maximum atomic E-state index is 13.1. The summed E-state index contributed by atoms with van der Waals surface area (Å²) in [4.78, 5) is 16.7.